The molecule has 0 aliphatic carbocycles. The van der Waals surface area contributed by atoms with Crippen molar-refractivity contribution in [2.75, 3.05) is 18.1 Å². The summed E-state index contributed by atoms with van der Waals surface area (Å²) in [6, 6.07) is 8.06. The number of nitrogens with zero attached hydrogens (tertiary/aromatic N) is 4. The SMILES string of the molecule is CSc1cccc(NCCn2ccnn2)c1C#N. The van der Waals surface area contributed by atoms with Crippen LogP contribution >= 0.6 is 11.8 Å². The molecule has 0 unspecified atom stereocenters. The Hall–Kier alpha value is -2.00. The predicted octanol–water partition coefficient (Wildman–Crippen LogP) is 1.98. The average Bonchev–Trinajstić information content (AvgIpc) is 2.91. The highest BCUT2D eigenvalue weighted by molar-refractivity contribution is 7.98. The zero-order valence-electron chi connectivity index (χ0n) is 10.00. The van der Waals surface area contributed by atoms with Crippen molar-refractivity contribution in [2.24, 2.45) is 0 Å². The summed E-state index contributed by atoms with van der Waals surface area (Å²) < 4.78 is 1.75. The number of nitrogens with one attached hydrogen (secondary N) is 1. The Morgan fingerprint density at radius 1 is 1.50 bits per heavy atom. The van der Waals surface area contributed by atoms with Gasteiger partial charge in [-0.05, 0) is 18.4 Å². The van der Waals surface area contributed by atoms with E-state index in [-0.39, 0.29) is 0 Å². The maximum atomic E-state index is 9.18. The highest BCUT2D eigenvalue weighted by Crippen LogP contribution is 2.25. The highest BCUT2D eigenvalue weighted by Gasteiger charge is 2.06. The first-order chi connectivity index (χ1) is 8.85. The second-order valence-corrected chi connectivity index (χ2v) is 4.44. The lowest BCUT2D eigenvalue weighted by Crippen LogP contribution is -2.12. The molecule has 0 fully saturated rings. The maximum absolute atomic E-state index is 9.18. The van der Waals surface area contributed by atoms with Gasteiger partial charge in [-0.2, -0.15) is 5.26 Å². The monoisotopic (exact) mass is 259 g/mol. The van der Waals surface area contributed by atoms with Crippen LogP contribution in [0.4, 0.5) is 5.69 Å². The molecular weight excluding hydrogens is 246 g/mol. The molecule has 1 N–H and O–H groups in total. The maximum Gasteiger partial charge on any atom is 0.102 e. The van der Waals surface area contributed by atoms with E-state index in [0.717, 1.165) is 10.6 Å². The van der Waals surface area contributed by atoms with Crippen molar-refractivity contribution in [3.8, 4) is 6.07 Å². The van der Waals surface area contributed by atoms with Crippen molar-refractivity contribution in [1.82, 2.24) is 15.0 Å². The van der Waals surface area contributed by atoms with Crippen LogP contribution in [0.5, 0.6) is 0 Å². The molecule has 0 aliphatic rings. The van der Waals surface area contributed by atoms with E-state index in [1.54, 1.807) is 22.6 Å². The lowest BCUT2D eigenvalue weighted by atomic mass is 10.2. The van der Waals surface area contributed by atoms with Crippen molar-refractivity contribution in [3.63, 3.8) is 0 Å². The smallest absolute Gasteiger partial charge is 0.102 e. The van der Waals surface area contributed by atoms with E-state index >= 15 is 0 Å². The van der Waals surface area contributed by atoms with Gasteiger partial charge in [-0.15, -0.1) is 16.9 Å². The van der Waals surface area contributed by atoms with Crippen LogP contribution in [0.1, 0.15) is 5.56 Å². The summed E-state index contributed by atoms with van der Waals surface area (Å²) in [4.78, 5) is 0.989. The normalized spacial score (nSPS) is 10.0. The summed E-state index contributed by atoms with van der Waals surface area (Å²) in [6.07, 6.45) is 5.43. The molecule has 92 valence electrons. The molecule has 0 saturated carbocycles. The van der Waals surface area contributed by atoms with E-state index in [9.17, 15) is 5.26 Å². The van der Waals surface area contributed by atoms with Crippen LogP contribution in [0.3, 0.4) is 0 Å². The Morgan fingerprint density at radius 2 is 2.39 bits per heavy atom. The van der Waals surface area contributed by atoms with Gasteiger partial charge in [0.25, 0.3) is 0 Å². The standard InChI is InChI=1S/C12H13N5S/c1-18-12-4-2-3-11(10(12)9-13)14-5-7-17-8-6-15-16-17/h2-4,6,8,14H,5,7H2,1H3. The number of hydrogen-bond acceptors (Lipinski definition) is 5. The first-order valence-corrected chi connectivity index (χ1v) is 6.72. The van der Waals surface area contributed by atoms with Crippen LogP contribution in [-0.4, -0.2) is 27.8 Å². The van der Waals surface area contributed by atoms with Gasteiger partial charge in [-0.1, -0.05) is 11.3 Å². The molecule has 0 spiro atoms. The van der Waals surface area contributed by atoms with E-state index in [1.807, 2.05) is 30.7 Å². The number of benzene rings is 1. The molecule has 0 amide bonds. The number of hydrogen-bond donors (Lipinski definition) is 1. The summed E-state index contributed by atoms with van der Waals surface area (Å²) in [7, 11) is 0. The largest absolute Gasteiger partial charge is 0.382 e. The topological polar surface area (TPSA) is 66.5 Å². The van der Waals surface area contributed by atoms with E-state index in [0.29, 0.717) is 18.7 Å². The molecule has 0 aliphatic heterocycles. The molecule has 0 atom stereocenters. The van der Waals surface area contributed by atoms with Gasteiger partial charge in [0.15, 0.2) is 0 Å². The Bertz CT molecular complexity index is 544. The van der Waals surface area contributed by atoms with Crippen molar-refractivity contribution in [3.05, 3.63) is 36.2 Å². The average molecular weight is 259 g/mol. The van der Waals surface area contributed by atoms with Crippen LogP contribution < -0.4 is 5.32 Å². The van der Waals surface area contributed by atoms with Crippen LogP contribution in [0.15, 0.2) is 35.5 Å². The van der Waals surface area contributed by atoms with E-state index in [4.69, 9.17) is 0 Å². The van der Waals surface area contributed by atoms with Crippen LogP contribution in [-0.2, 0) is 6.54 Å². The molecule has 2 rings (SSSR count). The molecule has 6 heteroatoms. The second kappa shape index (κ2) is 6.07. The number of nitriles is 1. The van der Waals surface area contributed by atoms with Crippen molar-refractivity contribution >= 4 is 17.4 Å². The fourth-order valence-corrected chi connectivity index (χ4v) is 2.20. The molecular formula is C12H13N5S. The predicted molar refractivity (Wildman–Crippen MR) is 71.4 cm³/mol. The molecule has 18 heavy (non-hydrogen) atoms. The minimum Gasteiger partial charge on any atom is -0.382 e. The van der Waals surface area contributed by atoms with Gasteiger partial charge in [0, 0.05) is 17.6 Å². The van der Waals surface area contributed by atoms with Gasteiger partial charge >= 0.3 is 0 Å². The van der Waals surface area contributed by atoms with Crippen LogP contribution in [0.2, 0.25) is 0 Å². The summed E-state index contributed by atoms with van der Waals surface area (Å²) in [5, 5.41) is 20.1. The first-order valence-electron chi connectivity index (χ1n) is 5.50. The van der Waals surface area contributed by atoms with Crippen molar-refractivity contribution in [1.29, 1.82) is 5.26 Å². The van der Waals surface area contributed by atoms with Crippen molar-refractivity contribution < 1.29 is 0 Å². The first kappa shape index (κ1) is 12.5. The third kappa shape index (κ3) is 2.81. The summed E-state index contributed by atoms with van der Waals surface area (Å²) in [5.41, 5.74) is 1.56. The molecule has 0 bridgehead atoms. The Morgan fingerprint density at radius 3 is 3.06 bits per heavy atom. The number of rotatable bonds is 5. The van der Waals surface area contributed by atoms with Crippen LogP contribution in [0.25, 0.3) is 0 Å². The molecule has 5 nitrogen and oxygen atoms in total. The molecule has 0 saturated heterocycles. The van der Waals surface area contributed by atoms with Gasteiger partial charge in [0.1, 0.15) is 6.07 Å². The van der Waals surface area contributed by atoms with E-state index in [1.165, 1.54) is 0 Å². The van der Waals surface area contributed by atoms with E-state index < -0.39 is 0 Å². The van der Waals surface area contributed by atoms with Gasteiger partial charge < -0.3 is 5.32 Å². The van der Waals surface area contributed by atoms with Crippen LogP contribution in [0, 0.1) is 11.3 Å². The zero-order chi connectivity index (χ0) is 12.8. The van der Waals surface area contributed by atoms with E-state index in [2.05, 4.69) is 21.7 Å². The molecule has 1 aromatic carbocycles. The number of aromatic nitrogens is 3. The lowest BCUT2D eigenvalue weighted by Gasteiger charge is -2.10. The number of anilines is 1. The summed E-state index contributed by atoms with van der Waals surface area (Å²) >= 11 is 1.58. The minimum absolute atomic E-state index is 0.698. The number of thioether (sulfide) groups is 1. The summed E-state index contributed by atoms with van der Waals surface area (Å²) in [6.45, 7) is 1.42. The highest BCUT2D eigenvalue weighted by atomic mass is 32.2. The van der Waals surface area contributed by atoms with Gasteiger partial charge in [-0.3, -0.25) is 4.68 Å². The minimum atomic E-state index is 0.698. The quantitative estimate of drug-likeness (QED) is 0.832. The Labute approximate surface area is 110 Å². The fourth-order valence-electron chi connectivity index (χ4n) is 1.62. The third-order valence-electron chi connectivity index (χ3n) is 2.49. The Kier molecular flexibility index (Phi) is 4.20. The molecule has 0 radical (unpaired) electrons. The summed E-state index contributed by atoms with van der Waals surface area (Å²) in [5.74, 6) is 0. The Balaban J connectivity index is 2.03. The molecule has 1 aromatic heterocycles. The molecule has 1 heterocycles. The fraction of sp³-hybridized carbons (Fsp3) is 0.250. The van der Waals surface area contributed by atoms with Crippen molar-refractivity contribution in [2.45, 2.75) is 11.4 Å². The third-order valence-corrected chi connectivity index (χ3v) is 3.27. The lowest BCUT2D eigenvalue weighted by molar-refractivity contribution is 0.609. The molecule has 2 aromatic rings. The van der Waals surface area contributed by atoms with Gasteiger partial charge in [-0.25, -0.2) is 0 Å². The zero-order valence-corrected chi connectivity index (χ0v) is 10.8. The second-order valence-electron chi connectivity index (χ2n) is 3.59. The van der Waals surface area contributed by atoms with Gasteiger partial charge in [0.05, 0.1) is 24.0 Å². The van der Waals surface area contributed by atoms with Gasteiger partial charge in [0.2, 0.25) is 0 Å².